The quantitative estimate of drug-likeness (QED) is 0.455. The Hall–Kier alpha value is -2.39. The molecule has 32 heavy (non-hydrogen) atoms. The number of rotatable bonds is 7. The van der Waals surface area contributed by atoms with Gasteiger partial charge in [0.25, 0.3) is 0 Å². The molecule has 0 unspecified atom stereocenters. The molecule has 0 saturated heterocycles. The van der Waals surface area contributed by atoms with Crippen molar-refractivity contribution >= 4 is 39.2 Å². The molecule has 10 heteroatoms. The van der Waals surface area contributed by atoms with E-state index in [9.17, 15) is 13.2 Å². The maximum atomic E-state index is 12.2. The first-order valence-corrected chi connectivity index (χ1v) is 11.9. The van der Waals surface area contributed by atoms with Gasteiger partial charge in [-0.2, -0.15) is 0 Å². The van der Waals surface area contributed by atoms with Gasteiger partial charge in [0.05, 0.1) is 27.5 Å². The van der Waals surface area contributed by atoms with Crippen LogP contribution in [0.3, 0.4) is 0 Å². The van der Waals surface area contributed by atoms with Crippen LogP contribution in [0.4, 0.5) is 0 Å². The molecule has 170 valence electrons. The molecule has 0 saturated carbocycles. The zero-order valence-electron chi connectivity index (χ0n) is 17.7. The van der Waals surface area contributed by atoms with Crippen LogP contribution >= 0.6 is 23.2 Å². The number of primary sulfonamides is 1. The van der Waals surface area contributed by atoms with Crippen LogP contribution in [-0.4, -0.2) is 26.5 Å². The lowest BCUT2D eigenvalue weighted by Gasteiger charge is -2.20. The van der Waals surface area contributed by atoms with Crippen LogP contribution in [0.5, 0.6) is 0 Å². The number of carbonyl (C=O) groups is 1. The van der Waals surface area contributed by atoms with Gasteiger partial charge >= 0.3 is 5.97 Å². The van der Waals surface area contributed by atoms with Crippen LogP contribution < -0.4 is 5.14 Å². The van der Waals surface area contributed by atoms with Gasteiger partial charge in [-0.25, -0.2) is 18.5 Å². The highest BCUT2D eigenvalue weighted by Crippen LogP contribution is 2.38. The maximum absolute atomic E-state index is 12.2. The van der Waals surface area contributed by atoms with Crippen LogP contribution in [0.1, 0.15) is 26.2 Å². The Morgan fingerprint density at radius 1 is 1.16 bits per heavy atom. The molecule has 7 nitrogen and oxygen atoms in total. The second-order valence-electron chi connectivity index (χ2n) is 7.83. The van der Waals surface area contributed by atoms with Gasteiger partial charge in [0, 0.05) is 17.5 Å². The number of nitrogens with two attached hydrogens (primary N) is 1. The van der Waals surface area contributed by atoms with Crippen molar-refractivity contribution in [3.05, 3.63) is 58.4 Å². The molecule has 3 rings (SSSR count). The fourth-order valence-corrected chi connectivity index (χ4v) is 4.23. The van der Waals surface area contributed by atoms with E-state index in [1.807, 2.05) is 0 Å². The maximum Gasteiger partial charge on any atom is 0.311 e. The fraction of sp³-hybridized carbons (Fsp3) is 0.273. The summed E-state index contributed by atoms with van der Waals surface area (Å²) in [6.45, 7) is 3.53. The van der Waals surface area contributed by atoms with E-state index in [-0.39, 0.29) is 22.2 Å². The van der Waals surface area contributed by atoms with E-state index in [1.165, 1.54) is 13.2 Å². The number of hydrogen-bond acceptors (Lipinski definition) is 6. The molecule has 0 fully saturated rings. The molecule has 0 aliphatic heterocycles. The van der Waals surface area contributed by atoms with E-state index in [0.29, 0.717) is 40.0 Å². The number of benzene rings is 2. The van der Waals surface area contributed by atoms with Gasteiger partial charge in [-0.1, -0.05) is 41.4 Å². The monoisotopic (exact) mass is 496 g/mol. The second-order valence-corrected chi connectivity index (χ2v) is 10.2. The van der Waals surface area contributed by atoms with Gasteiger partial charge in [-0.05, 0) is 44.5 Å². The number of aromatic nitrogens is 1. The van der Waals surface area contributed by atoms with Crippen molar-refractivity contribution < 1.29 is 22.4 Å². The van der Waals surface area contributed by atoms with Crippen molar-refractivity contribution in [2.75, 3.05) is 7.11 Å². The fourth-order valence-electron chi connectivity index (χ4n) is 3.19. The number of halogens is 2. The molecule has 0 aliphatic rings. The number of nitrogens with zero attached hydrogens (tertiary/aromatic N) is 1. The number of ether oxygens (including phenoxy) is 1. The van der Waals surface area contributed by atoms with Gasteiger partial charge in [-0.3, -0.25) is 4.79 Å². The van der Waals surface area contributed by atoms with Crippen LogP contribution in [0.15, 0.2) is 51.8 Å². The molecule has 3 aromatic rings. The highest BCUT2D eigenvalue weighted by atomic mass is 35.5. The first-order chi connectivity index (χ1) is 14.9. The van der Waals surface area contributed by atoms with Crippen LogP contribution in [0, 0.1) is 5.41 Å². The summed E-state index contributed by atoms with van der Waals surface area (Å²) in [5, 5.41) is 6.10. The number of sulfonamides is 1. The summed E-state index contributed by atoms with van der Waals surface area (Å²) < 4.78 is 35.2. The van der Waals surface area contributed by atoms with E-state index >= 15 is 0 Å². The van der Waals surface area contributed by atoms with E-state index in [2.05, 4.69) is 4.98 Å². The van der Waals surface area contributed by atoms with Crippen LogP contribution in [0.2, 0.25) is 10.0 Å². The van der Waals surface area contributed by atoms with Crippen molar-refractivity contribution in [2.24, 2.45) is 10.6 Å². The molecular formula is C22H22Cl2N2O5S. The normalized spacial score (nSPS) is 12.1. The van der Waals surface area contributed by atoms with E-state index in [0.717, 1.165) is 0 Å². The van der Waals surface area contributed by atoms with Crippen LogP contribution in [-0.2, 0) is 26.0 Å². The zero-order chi connectivity index (χ0) is 23.7. The predicted octanol–water partition coefficient (Wildman–Crippen LogP) is 5.09. The average molecular weight is 497 g/mol. The molecule has 2 aromatic carbocycles. The minimum atomic E-state index is -4.03. The lowest BCUT2D eigenvalue weighted by molar-refractivity contribution is -0.151. The van der Waals surface area contributed by atoms with Gasteiger partial charge in [0.2, 0.25) is 10.0 Å². The molecule has 1 heterocycles. The molecule has 2 N–H and O–H groups in total. The minimum absolute atomic E-state index is 0.0982. The van der Waals surface area contributed by atoms with Crippen LogP contribution in [0.25, 0.3) is 22.6 Å². The van der Waals surface area contributed by atoms with Crippen molar-refractivity contribution in [3.8, 4) is 22.6 Å². The number of methoxy groups -OCH3 is 1. The molecule has 0 atom stereocenters. The lowest BCUT2D eigenvalue weighted by Crippen LogP contribution is -2.26. The molecule has 1 aromatic heterocycles. The summed E-state index contributed by atoms with van der Waals surface area (Å²) in [5.74, 6) is 0.190. The van der Waals surface area contributed by atoms with Gasteiger partial charge in [0.1, 0.15) is 5.69 Å². The smallest absolute Gasteiger partial charge is 0.311 e. The predicted molar refractivity (Wildman–Crippen MR) is 123 cm³/mol. The largest absolute Gasteiger partial charge is 0.469 e. The van der Waals surface area contributed by atoms with Gasteiger partial charge in [-0.15, -0.1) is 0 Å². The molecule has 0 amide bonds. The Labute approximate surface area is 196 Å². The first-order valence-electron chi connectivity index (χ1n) is 9.60. The van der Waals surface area contributed by atoms with Gasteiger partial charge < -0.3 is 9.15 Å². The number of aryl methyl sites for hydroxylation is 1. The number of carbonyl (C=O) groups excluding carboxylic acids is 1. The summed E-state index contributed by atoms with van der Waals surface area (Å²) in [6.07, 6.45) is 0.714. The van der Waals surface area contributed by atoms with Crippen molar-refractivity contribution in [1.82, 2.24) is 4.98 Å². The molecular weight excluding hydrogens is 475 g/mol. The van der Waals surface area contributed by atoms with Gasteiger partial charge in [0.15, 0.2) is 11.7 Å². The zero-order valence-corrected chi connectivity index (χ0v) is 20.0. The first kappa shape index (κ1) is 24.3. The summed E-state index contributed by atoms with van der Waals surface area (Å²) in [6, 6.07) is 11.2. The third-order valence-electron chi connectivity index (χ3n) is 5.00. The van der Waals surface area contributed by atoms with Crippen molar-refractivity contribution in [2.45, 2.75) is 31.6 Å². The molecule has 0 bridgehead atoms. The summed E-state index contributed by atoms with van der Waals surface area (Å²) in [5.41, 5.74) is 0.472. The lowest BCUT2D eigenvalue weighted by atomic mass is 9.88. The van der Waals surface area contributed by atoms with Crippen molar-refractivity contribution in [1.29, 1.82) is 0 Å². The average Bonchev–Trinajstić information content (AvgIpc) is 3.17. The molecule has 0 aliphatic carbocycles. The Kier molecular flexibility index (Phi) is 7.00. The number of hydrogen-bond donors (Lipinski definition) is 1. The minimum Gasteiger partial charge on any atom is -0.469 e. The SMILES string of the molecule is COC(=O)C(C)(C)CCc1nc(-c2ccc(Cl)c(Cl)c2)c(-c2ccccc2S(N)(=O)=O)o1. The van der Waals surface area contributed by atoms with E-state index < -0.39 is 15.4 Å². The summed E-state index contributed by atoms with van der Waals surface area (Å²) >= 11 is 12.2. The van der Waals surface area contributed by atoms with Crippen molar-refractivity contribution in [3.63, 3.8) is 0 Å². The third kappa shape index (κ3) is 5.15. The number of esters is 1. The Bertz CT molecular complexity index is 1270. The Morgan fingerprint density at radius 3 is 2.47 bits per heavy atom. The third-order valence-corrected chi connectivity index (χ3v) is 6.71. The highest BCUT2D eigenvalue weighted by Gasteiger charge is 2.30. The topological polar surface area (TPSA) is 112 Å². The summed E-state index contributed by atoms with van der Waals surface area (Å²) in [4.78, 5) is 16.5. The Morgan fingerprint density at radius 2 is 1.84 bits per heavy atom. The highest BCUT2D eigenvalue weighted by molar-refractivity contribution is 7.89. The molecule has 0 spiro atoms. The van der Waals surface area contributed by atoms with E-state index in [4.69, 9.17) is 37.5 Å². The number of oxazole rings is 1. The second kappa shape index (κ2) is 9.23. The summed E-state index contributed by atoms with van der Waals surface area (Å²) in [7, 11) is -2.70. The van der Waals surface area contributed by atoms with E-state index in [1.54, 1.807) is 50.2 Å². The Balaban J connectivity index is 2.14. The molecule has 0 radical (unpaired) electrons. The standard InChI is InChI=1S/C22H22Cl2N2O5S/c1-22(2,21(27)30-3)11-10-18-26-19(13-8-9-15(23)16(24)12-13)20(31-18)14-6-4-5-7-17(14)32(25,28)29/h4-9,12H,10-11H2,1-3H3,(H2,25,28,29).